The maximum absolute atomic E-state index is 13.6. The maximum Gasteiger partial charge on any atom is 0.337 e. The van der Waals surface area contributed by atoms with E-state index in [9.17, 15) is 26.8 Å². The number of rotatable bonds is 7. The van der Waals surface area contributed by atoms with Gasteiger partial charge in [-0.15, -0.1) is 0 Å². The van der Waals surface area contributed by atoms with Crippen molar-refractivity contribution in [3.05, 3.63) is 53.6 Å². The standard InChI is InChI=1S/C19H20F2N2O6S/c1-11(23(30(4,26)27)13-6-7-14(20)15(21)10-13)18(24)22-16-9-12(19(25)29-3)5-8-17(16)28-2/h5-11H,1-4H3,(H,22,24)/t11-/m0/s1. The third-order valence-corrected chi connectivity index (χ3v) is 5.37. The van der Waals surface area contributed by atoms with E-state index in [0.29, 0.717) is 10.4 Å². The van der Waals surface area contributed by atoms with Crippen LogP contribution in [-0.2, 0) is 19.6 Å². The number of halogens is 2. The number of methoxy groups -OCH3 is 2. The lowest BCUT2D eigenvalue weighted by Crippen LogP contribution is -2.45. The van der Waals surface area contributed by atoms with Crippen molar-refractivity contribution in [2.24, 2.45) is 0 Å². The number of nitrogens with one attached hydrogen (secondary N) is 1. The Morgan fingerprint density at radius 3 is 2.27 bits per heavy atom. The van der Waals surface area contributed by atoms with Crippen molar-refractivity contribution in [1.29, 1.82) is 0 Å². The van der Waals surface area contributed by atoms with Crippen LogP contribution in [0.4, 0.5) is 20.2 Å². The van der Waals surface area contributed by atoms with Crippen LogP contribution in [0.15, 0.2) is 36.4 Å². The molecule has 0 saturated carbocycles. The van der Waals surface area contributed by atoms with E-state index in [2.05, 4.69) is 10.1 Å². The van der Waals surface area contributed by atoms with E-state index in [1.54, 1.807) is 0 Å². The normalized spacial score (nSPS) is 12.1. The SMILES string of the molecule is COC(=O)c1ccc(OC)c(NC(=O)[C@H](C)N(c2ccc(F)c(F)c2)S(C)(=O)=O)c1. The molecule has 30 heavy (non-hydrogen) atoms. The van der Waals surface area contributed by atoms with Gasteiger partial charge in [-0.3, -0.25) is 9.10 Å². The van der Waals surface area contributed by atoms with Gasteiger partial charge in [-0.2, -0.15) is 0 Å². The fourth-order valence-electron chi connectivity index (χ4n) is 2.72. The molecule has 162 valence electrons. The van der Waals surface area contributed by atoms with E-state index in [4.69, 9.17) is 4.74 Å². The van der Waals surface area contributed by atoms with Gasteiger partial charge in [0, 0.05) is 6.07 Å². The fourth-order valence-corrected chi connectivity index (χ4v) is 3.89. The molecule has 2 aromatic carbocycles. The van der Waals surface area contributed by atoms with Crippen molar-refractivity contribution in [1.82, 2.24) is 0 Å². The first-order valence-electron chi connectivity index (χ1n) is 8.51. The van der Waals surface area contributed by atoms with Crippen molar-refractivity contribution >= 4 is 33.3 Å². The van der Waals surface area contributed by atoms with Gasteiger partial charge >= 0.3 is 5.97 Å². The number of hydrogen-bond donors (Lipinski definition) is 1. The maximum atomic E-state index is 13.6. The van der Waals surface area contributed by atoms with Gasteiger partial charge in [0.2, 0.25) is 15.9 Å². The predicted octanol–water partition coefficient (Wildman–Crippen LogP) is 2.55. The van der Waals surface area contributed by atoms with Gasteiger partial charge in [-0.1, -0.05) is 0 Å². The number of amides is 1. The number of carbonyl (C=O) groups is 2. The topological polar surface area (TPSA) is 102 Å². The molecule has 0 spiro atoms. The third-order valence-electron chi connectivity index (χ3n) is 4.12. The Labute approximate surface area is 172 Å². The van der Waals surface area contributed by atoms with Crippen molar-refractivity contribution in [3.8, 4) is 5.75 Å². The molecule has 1 amide bonds. The zero-order chi connectivity index (χ0) is 22.6. The smallest absolute Gasteiger partial charge is 0.337 e. The first-order chi connectivity index (χ1) is 14.0. The van der Waals surface area contributed by atoms with E-state index in [1.165, 1.54) is 39.3 Å². The molecule has 11 heteroatoms. The van der Waals surface area contributed by atoms with Crippen LogP contribution in [-0.4, -0.2) is 46.8 Å². The predicted molar refractivity (Wildman–Crippen MR) is 106 cm³/mol. The van der Waals surface area contributed by atoms with Crippen LogP contribution in [0, 0.1) is 11.6 Å². The number of esters is 1. The van der Waals surface area contributed by atoms with E-state index < -0.39 is 39.6 Å². The number of nitrogens with zero attached hydrogens (tertiary/aromatic N) is 1. The van der Waals surface area contributed by atoms with Gasteiger partial charge in [0.25, 0.3) is 0 Å². The van der Waals surface area contributed by atoms with Crippen molar-refractivity contribution in [2.45, 2.75) is 13.0 Å². The lowest BCUT2D eigenvalue weighted by Gasteiger charge is -2.28. The van der Waals surface area contributed by atoms with Gasteiger partial charge in [0.05, 0.1) is 37.4 Å². The van der Waals surface area contributed by atoms with Crippen molar-refractivity contribution < 1.29 is 36.3 Å². The van der Waals surface area contributed by atoms with Crippen LogP contribution in [0.3, 0.4) is 0 Å². The number of carbonyl (C=O) groups excluding carboxylic acids is 2. The minimum atomic E-state index is -4.05. The van der Waals surface area contributed by atoms with E-state index >= 15 is 0 Å². The molecule has 1 N–H and O–H groups in total. The second kappa shape index (κ2) is 9.08. The van der Waals surface area contributed by atoms with Gasteiger partial charge < -0.3 is 14.8 Å². The zero-order valence-corrected chi connectivity index (χ0v) is 17.4. The van der Waals surface area contributed by atoms with E-state index in [0.717, 1.165) is 18.4 Å². The molecule has 0 radical (unpaired) electrons. The molecule has 2 aromatic rings. The van der Waals surface area contributed by atoms with Crippen LogP contribution in [0.5, 0.6) is 5.75 Å². The number of hydrogen-bond acceptors (Lipinski definition) is 6. The highest BCUT2D eigenvalue weighted by Gasteiger charge is 2.30. The Hall–Kier alpha value is -3.21. The number of benzene rings is 2. The molecule has 0 fully saturated rings. The second-order valence-corrected chi connectivity index (χ2v) is 8.09. The fraction of sp³-hybridized carbons (Fsp3) is 0.263. The number of anilines is 2. The van der Waals surface area contributed by atoms with Crippen molar-refractivity contribution in [3.63, 3.8) is 0 Å². The molecule has 0 unspecified atom stereocenters. The van der Waals surface area contributed by atoms with E-state index in [1.807, 2.05) is 0 Å². The summed E-state index contributed by atoms with van der Waals surface area (Å²) in [6.07, 6.45) is 0.830. The second-order valence-electron chi connectivity index (χ2n) is 6.23. The minimum Gasteiger partial charge on any atom is -0.495 e. The molecule has 0 bridgehead atoms. The largest absolute Gasteiger partial charge is 0.495 e. The van der Waals surface area contributed by atoms with Gasteiger partial charge in [-0.25, -0.2) is 22.0 Å². The molecular formula is C19H20F2N2O6S. The van der Waals surface area contributed by atoms with Crippen LogP contribution in [0.25, 0.3) is 0 Å². The van der Waals surface area contributed by atoms with Crippen molar-refractivity contribution in [2.75, 3.05) is 30.1 Å². The lowest BCUT2D eigenvalue weighted by atomic mass is 10.1. The van der Waals surface area contributed by atoms with Crippen LogP contribution < -0.4 is 14.4 Å². The molecular weight excluding hydrogens is 422 g/mol. The minimum absolute atomic E-state index is 0.0935. The average Bonchev–Trinajstić information content (AvgIpc) is 2.68. The van der Waals surface area contributed by atoms with Gasteiger partial charge in [-0.05, 0) is 37.3 Å². The molecule has 0 saturated heterocycles. The summed E-state index contributed by atoms with van der Waals surface area (Å²) in [6, 6.07) is 5.29. The average molecular weight is 442 g/mol. The third kappa shape index (κ3) is 5.03. The molecule has 2 rings (SSSR count). The highest BCUT2D eigenvalue weighted by molar-refractivity contribution is 7.92. The first kappa shape index (κ1) is 23.1. The summed E-state index contributed by atoms with van der Waals surface area (Å²) in [5.74, 6) is -3.66. The van der Waals surface area contributed by atoms with Gasteiger partial charge in [0.1, 0.15) is 11.8 Å². The lowest BCUT2D eigenvalue weighted by molar-refractivity contribution is -0.116. The Morgan fingerprint density at radius 1 is 1.07 bits per heavy atom. The molecule has 0 aliphatic rings. The molecule has 0 aliphatic carbocycles. The Kier molecular flexibility index (Phi) is 6.98. The summed E-state index contributed by atoms with van der Waals surface area (Å²) in [5, 5.41) is 2.48. The van der Waals surface area contributed by atoms with E-state index in [-0.39, 0.29) is 22.7 Å². The molecule has 0 aromatic heterocycles. The summed E-state index contributed by atoms with van der Waals surface area (Å²) in [4.78, 5) is 24.5. The van der Waals surface area contributed by atoms with Crippen LogP contribution >= 0.6 is 0 Å². The Bertz CT molecular complexity index is 1070. The molecule has 0 aliphatic heterocycles. The van der Waals surface area contributed by atoms with Gasteiger partial charge in [0.15, 0.2) is 11.6 Å². The number of ether oxygens (including phenoxy) is 2. The molecule has 1 atom stereocenters. The monoisotopic (exact) mass is 442 g/mol. The Morgan fingerprint density at radius 2 is 1.73 bits per heavy atom. The highest BCUT2D eigenvalue weighted by atomic mass is 32.2. The summed E-state index contributed by atoms with van der Waals surface area (Å²) in [5.41, 5.74) is -0.00728. The highest BCUT2D eigenvalue weighted by Crippen LogP contribution is 2.28. The summed E-state index contributed by atoms with van der Waals surface area (Å²) >= 11 is 0. The van der Waals surface area contributed by atoms with Crippen LogP contribution in [0.1, 0.15) is 17.3 Å². The Balaban J connectivity index is 2.41. The number of sulfonamides is 1. The summed E-state index contributed by atoms with van der Waals surface area (Å²) in [6.45, 7) is 1.27. The first-order valence-corrected chi connectivity index (χ1v) is 10.4. The summed E-state index contributed by atoms with van der Waals surface area (Å²) in [7, 11) is -1.51. The molecule has 0 heterocycles. The summed E-state index contributed by atoms with van der Waals surface area (Å²) < 4.78 is 61.9. The molecule has 8 nitrogen and oxygen atoms in total. The quantitative estimate of drug-likeness (QED) is 0.662. The zero-order valence-electron chi connectivity index (χ0n) is 16.6. The van der Waals surface area contributed by atoms with Crippen LogP contribution in [0.2, 0.25) is 0 Å².